The first-order valence-electron chi connectivity index (χ1n) is 9.34. The zero-order valence-electron chi connectivity index (χ0n) is 16.4. The van der Waals surface area contributed by atoms with Gasteiger partial charge in [0.2, 0.25) is 16.9 Å². The number of ether oxygens (including phenoxy) is 2. The number of carbonyl (C=O) groups excluding carboxylic acids is 2. The summed E-state index contributed by atoms with van der Waals surface area (Å²) < 4.78 is 11.1. The largest absolute Gasteiger partial charge is 0.493 e. The fourth-order valence-electron chi connectivity index (χ4n) is 3.12. The van der Waals surface area contributed by atoms with E-state index in [2.05, 4.69) is 20.8 Å². The van der Waals surface area contributed by atoms with Gasteiger partial charge in [0.25, 0.3) is 0 Å². The third kappa shape index (κ3) is 6.33. The molecule has 156 valence electrons. The van der Waals surface area contributed by atoms with E-state index in [9.17, 15) is 9.59 Å². The molecule has 0 aliphatic heterocycles. The molecule has 1 aliphatic rings. The highest BCUT2D eigenvalue weighted by atomic mass is 32.2. The van der Waals surface area contributed by atoms with Crippen molar-refractivity contribution >= 4 is 40.0 Å². The van der Waals surface area contributed by atoms with Crippen molar-refractivity contribution in [2.24, 2.45) is 0 Å². The Labute approximate surface area is 177 Å². The second kappa shape index (κ2) is 10.4. The van der Waals surface area contributed by atoms with E-state index in [1.807, 2.05) is 6.07 Å². The molecule has 1 saturated carbocycles. The molecule has 1 fully saturated rings. The van der Waals surface area contributed by atoms with Gasteiger partial charge in [0.05, 0.1) is 26.4 Å². The Hall–Kier alpha value is -2.33. The molecule has 1 aromatic heterocycles. The van der Waals surface area contributed by atoms with E-state index in [4.69, 9.17) is 9.47 Å². The van der Waals surface area contributed by atoms with Gasteiger partial charge in [-0.2, -0.15) is 0 Å². The van der Waals surface area contributed by atoms with Crippen LogP contribution in [0, 0.1) is 0 Å². The molecule has 1 aromatic carbocycles. The van der Waals surface area contributed by atoms with Crippen LogP contribution in [0.15, 0.2) is 22.5 Å². The van der Waals surface area contributed by atoms with Crippen LogP contribution in [0.1, 0.15) is 31.2 Å². The minimum Gasteiger partial charge on any atom is -0.493 e. The van der Waals surface area contributed by atoms with Crippen molar-refractivity contribution in [1.29, 1.82) is 0 Å². The quantitative estimate of drug-likeness (QED) is 0.460. The molecule has 10 heteroatoms. The average molecular weight is 437 g/mol. The number of carbonyl (C=O) groups is 2. The Kier molecular flexibility index (Phi) is 7.70. The van der Waals surface area contributed by atoms with Crippen molar-refractivity contribution in [3.8, 4) is 11.5 Å². The Morgan fingerprint density at radius 1 is 1.14 bits per heavy atom. The highest BCUT2D eigenvalue weighted by molar-refractivity contribution is 8.01. The Balaban J connectivity index is 1.46. The van der Waals surface area contributed by atoms with E-state index in [0.29, 0.717) is 32.8 Å². The molecule has 2 amide bonds. The number of anilines is 1. The number of nitrogens with one attached hydrogen (secondary N) is 2. The van der Waals surface area contributed by atoms with Crippen molar-refractivity contribution < 1.29 is 19.1 Å². The monoisotopic (exact) mass is 436 g/mol. The van der Waals surface area contributed by atoms with Crippen molar-refractivity contribution in [1.82, 2.24) is 15.5 Å². The molecule has 29 heavy (non-hydrogen) atoms. The van der Waals surface area contributed by atoms with Gasteiger partial charge in [-0.3, -0.25) is 9.59 Å². The number of hydrogen-bond donors (Lipinski definition) is 2. The zero-order valence-corrected chi connectivity index (χ0v) is 18.0. The fraction of sp³-hybridized carbons (Fsp3) is 0.474. The molecule has 0 radical (unpaired) electrons. The SMILES string of the molecule is COc1ccc(CC(=O)Nc2nnc(SCC(=O)NC3CCCC3)s2)cc1OC. The third-order valence-corrected chi connectivity index (χ3v) is 6.48. The molecular weight excluding hydrogens is 412 g/mol. The zero-order chi connectivity index (χ0) is 20.6. The van der Waals surface area contributed by atoms with Gasteiger partial charge in [0.1, 0.15) is 0 Å². The number of hydrogen-bond acceptors (Lipinski definition) is 8. The predicted molar refractivity (Wildman–Crippen MR) is 113 cm³/mol. The maximum atomic E-state index is 12.3. The van der Waals surface area contributed by atoms with Gasteiger partial charge in [0.15, 0.2) is 15.8 Å². The summed E-state index contributed by atoms with van der Waals surface area (Å²) in [4.78, 5) is 24.3. The van der Waals surface area contributed by atoms with Crippen LogP contribution >= 0.6 is 23.1 Å². The summed E-state index contributed by atoms with van der Waals surface area (Å²) in [6, 6.07) is 5.65. The molecule has 3 rings (SSSR count). The minimum atomic E-state index is -0.205. The smallest absolute Gasteiger partial charge is 0.230 e. The summed E-state index contributed by atoms with van der Waals surface area (Å²) in [7, 11) is 3.11. The minimum absolute atomic E-state index is 0.0103. The summed E-state index contributed by atoms with van der Waals surface area (Å²) in [5.41, 5.74) is 0.794. The molecule has 0 bridgehead atoms. The van der Waals surface area contributed by atoms with Crippen LogP contribution in [0.2, 0.25) is 0 Å². The number of methoxy groups -OCH3 is 2. The normalized spacial score (nSPS) is 13.9. The fourth-order valence-corrected chi connectivity index (χ4v) is 4.70. The second-order valence-electron chi connectivity index (χ2n) is 6.62. The topological polar surface area (TPSA) is 102 Å². The first-order valence-corrected chi connectivity index (χ1v) is 11.1. The number of rotatable bonds is 9. The highest BCUT2D eigenvalue weighted by Crippen LogP contribution is 2.28. The van der Waals surface area contributed by atoms with Gasteiger partial charge in [-0.05, 0) is 30.5 Å². The van der Waals surface area contributed by atoms with E-state index in [0.717, 1.165) is 18.4 Å². The van der Waals surface area contributed by atoms with Gasteiger partial charge in [-0.1, -0.05) is 42.0 Å². The van der Waals surface area contributed by atoms with E-state index in [1.165, 1.54) is 35.9 Å². The summed E-state index contributed by atoms with van der Waals surface area (Å²) in [5, 5.41) is 14.2. The maximum Gasteiger partial charge on any atom is 0.230 e. The maximum absolute atomic E-state index is 12.3. The van der Waals surface area contributed by atoms with Gasteiger partial charge in [0, 0.05) is 6.04 Å². The number of thioether (sulfide) groups is 1. The van der Waals surface area contributed by atoms with Gasteiger partial charge >= 0.3 is 0 Å². The highest BCUT2D eigenvalue weighted by Gasteiger charge is 2.18. The Morgan fingerprint density at radius 3 is 2.62 bits per heavy atom. The lowest BCUT2D eigenvalue weighted by Crippen LogP contribution is -2.33. The van der Waals surface area contributed by atoms with Crippen LogP contribution in [0.4, 0.5) is 5.13 Å². The molecule has 1 heterocycles. The lowest BCUT2D eigenvalue weighted by atomic mass is 10.1. The molecule has 0 atom stereocenters. The summed E-state index contributed by atoms with van der Waals surface area (Å²) in [6.07, 6.45) is 4.66. The number of benzene rings is 1. The van der Waals surface area contributed by atoms with E-state index in [-0.39, 0.29) is 18.2 Å². The molecule has 2 N–H and O–H groups in total. The molecular formula is C19H24N4O4S2. The first kappa shape index (κ1) is 21.4. The molecule has 0 saturated heterocycles. The second-order valence-corrected chi connectivity index (χ2v) is 8.82. The predicted octanol–water partition coefficient (Wildman–Crippen LogP) is 2.89. The number of amides is 2. The van der Waals surface area contributed by atoms with E-state index < -0.39 is 0 Å². The molecule has 0 unspecified atom stereocenters. The summed E-state index contributed by atoms with van der Waals surface area (Å²) in [6.45, 7) is 0. The van der Waals surface area contributed by atoms with Gasteiger partial charge in [-0.15, -0.1) is 10.2 Å². The molecule has 1 aliphatic carbocycles. The van der Waals surface area contributed by atoms with Crippen LogP contribution in [0.25, 0.3) is 0 Å². The van der Waals surface area contributed by atoms with Crippen LogP contribution in [0.3, 0.4) is 0 Å². The van der Waals surface area contributed by atoms with Crippen LogP contribution in [-0.4, -0.2) is 48.0 Å². The van der Waals surface area contributed by atoms with Crippen LogP contribution < -0.4 is 20.1 Å². The van der Waals surface area contributed by atoms with Gasteiger partial charge < -0.3 is 20.1 Å². The van der Waals surface area contributed by atoms with Crippen LogP contribution in [0.5, 0.6) is 11.5 Å². The lowest BCUT2D eigenvalue weighted by Gasteiger charge is -2.10. The Bertz CT molecular complexity index is 852. The third-order valence-electron chi connectivity index (χ3n) is 4.51. The lowest BCUT2D eigenvalue weighted by molar-refractivity contribution is -0.119. The van der Waals surface area contributed by atoms with Crippen LogP contribution in [-0.2, 0) is 16.0 Å². The van der Waals surface area contributed by atoms with E-state index in [1.54, 1.807) is 26.4 Å². The summed E-state index contributed by atoms with van der Waals surface area (Å²) in [5.74, 6) is 1.28. The standard InChI is InChI=1S/C19H24N4O4S2/c1-26-14-8-7-12(9-15(14)27-2)10-16(24)21-18-22-23-19(29-18)28-11-17(25)20-13-5-3-4-6-13/h7-9,13H,3-6,10-11H2,1-2H3,(H,20,25)(H,21,22,24). The Morgan fingerprint density at radius 2 is 1.90 bits per heavy atom. The van der Waals surface area contributed by atoms with Crippen molar-refractivity contribution in [3.63, 3.8) is 0 Å². The van der Waals surface area contributed by atoms with Crippen molar-refractivity contribution in [2.45, 2.75) is 42.5 Å². The molecule has 8 nitrogen and oxygen atoms in total. The number of aromatic nitrogens is 2. The molecule has 2 aromatic rings. The molecule has 0 spiro atoms. The summed E-state index contributed by atoms with van der Waals surface area (Å²) >= 11 is 2.58. The van der Waals surface area contributed by atoms with Gasteiger partial charge in [-0.25, -0.2) is 0 Å². The first-order chi connectivity index (χ1) is 14.1. The van der Waals surface area contributed by atoms with E-state index >= 15 is 0 Å². The number of nitrogens with zero attached hydrogens (tertiary/aromatic N) is 2. The van der Waals surface area contributed by atoms with Crippen molar-refractivity contribution in [3.05, 3.63) is 23.8 Å². The van der Waals surface area contributed by atoms with Crippen molar-refractivity contribution in [2.75, 3.05) is 25.3 Å². The average Bonchev–Trinajstić information content (AvgIpc) is 3.38.